The van der Waals surface area contributed by atoms with E-state index in [1.54, 1.807) is 19.2 Å². The maximum atomic E-state index is 13.4. The molecule has 0 spiro atoms. The number of rotatable bonds is 4. The Morgan fingerprint density at radius 2 is 1.92 bits per heavy atom. The van der Waals surface area contributed by atoms with Gasteiger partial charge in [0.1, 0.15) is 0 Å². The predicted molar refractivity (Wildman–Crippen MR) is 91.1 cm³/mol. The van der Waals surface area contributed by atoms with Crippen molar-refractivity contribution in [2.24, 2.45) is 0 Å². The fourth-order valence-electron chi connectivity index (χ4n) is 1.96. The maximum Gasteiger partial charge on any atom is 0.255 e. The molecule has 0 aliphatic heterocycles. The minimum atomic E-state index is -0.933. The van der Waals surface area contributed by atoms with Crippen LogP contribution in [0.3, 0.4) is 0 Å². The molecule has 0 fully saturated rings. The van der Waals surface area contributed by atoms with Crippen LogP contribution in [0.1, 0.15) is 10.4 Å². The van der Waals surface area contributed by atoms with Crippen LogP contribution < -0.4 is 10.2 Å². The number of carbonyl (C=O) groups excluding carboxylic acids is 2. The Balaban J connectivity index is 2.19. The quantitative estimate of drug-likeness (QED) is 0.655. The first-order valence-corrected chi connectivity index (χ1v) is 7.21. The van der Waals surface area contributed by atoms with Gasteiger partial charge in [0.25, 0.3) is 5.91 Å². The maximum absolute atomic E-state index is 13.4. The highest BCUT2D eigenvalue weighted by molar-refractivity contribution is 6.31. The highest BCUT2D eigenvalue weighted by Crippen LogP contribution is 2.30. The fraction of sp³-hybridized carbons (Fsp3) is 0.0588. The number of aromatic hydroxyl groups is 1. The second kappa shape index (κ2) is 7.14. The molecule has 0 saturated heterocycles. The molecule has 5 nitrogen and oxygen atoms in total. The zero-order valence-corrected chi connectivity index (χ0v) is 13.5. The molecule has 2 rings (SSSR count). The second-order valence-corrected chi connectivity index (χ2v) is 5.32. The van der Waals surface area contributed by atoms with Crippen molar-refractivity contribution >= 4 is 34.8 Å². The Labute approximate surface area is 143 Å². The van der Waals surface area contributed by atoms with Crippen LogP contribution >= 0.6 is 11.6 Å². The Bertz CT molecular complexity index is 806. The molecule has 0 bridgehead atoms. The first-order chi connectivity index (χ1) is 11.3. The summed E-state index contributed by atoms with van der Waals surface area (Å²) in [7, 11) is 1.58. The van der Waals surface area contributed by atoms with Gasteiger partial charge in [-0.15, -0.1) is 0 Å². The van der Waals surface area contributed by atoms with Crippen molar-refractivity contribution in [1.82, 2.24) is 0 Å². The Morgan fingerprint density at radius 3 is 2.50 bits per heavy atom. The van der Waals surface area contributed by atoms with E-state index in [4.69, 9.17) is 11.6 Å². The molecular formula is C17H14ClFN2O3. The van der Waals surface area contributed by atoms with E-state index in [9.17, 15) is 19.1 Å². The SMILES string of the molecule is C=CC(=O)N(C)c1ccc(C(=O)Nc2cc(Cl)cc(F)c2O)cc1. The van der Waals surface area contributed by atoms with E-state index < -0.39 is 17.5 Å². The molecule has 0 atom stereocenters. The van der Waals surface area contributed by atoms with Crippen LogP contribution in [0.25, 0.3) is 0 Å². The molecule has 0 saturated carbocycles. The number of likely N-dealkylation sites (N-methyl/N-ethyl adjacent to an activating group) is 1. The lowest BCUT2D eigenvalue weighted by Crippen LogP contribution is -2.23. The number of phenols is 1. The molecule has 124 valence electrons. The summed E-state index contributed by atoms with van der Waals surface area (Å²) in [6.07, 6.45) is 1.18. The molecule has 0 aromatic heterocycles. The van der Waals surface area contributed by atoms with Gasteiger partial charge in [-0.2, -0.15) is 0 Å². The fourth-order valence-corrected chi connectivity index (χ4v) is 2.16. The van der Waals surface area contributed by atoms with Crippen molar-refractivity contribution in [3.8, 4) is 5.75 Å². The molecule has 24 heavy (non-hydrogen) atoms. The Hall–Kier alpha value is -2.86. The third-order valence-corrected chi connectivity index (χ3v) is 3.52. The van der Waals surface area contributed by atoms with Crippen LogP contribution in [-0.4, -0.2) is 24.0 Å². The third kappa shape index (κ3) is 3.72. The van der Waals surface area contributed by atoms with Crippen molar-refractivity contribution in [2.75, 3.05) is 17.3 Å². The number of hydrogen-bond acceptors (Lipinski definition) is 3. The van der Waals surface area contributed by atoms with E-state index in [-0.39, 0.29) is 22.2 Å². The number of nitrogens with one attached hydrogen (secondary N) is 1. The molecule has 0 aliphatic rings. The van der Waals surface area contributed by atoms with Gasteiger partial charge in [-0.25, -0.2) is 4.39 Å². The van der Waals surface area contributed by atoms with E-state index in [0.29, 0.717) is 5.69 Å². The summed E-state index contributed by atoms with van der Waals surface area (Å²) in [6.45, 7) is 3.40. The number of phenolic OH excluding ortho intramolecular Hbond substituents is 1. The Morgan fingerprint density at radius 1 is 1.29 bits per heavy atom. The van der Waals surface area contributed by atoms with Crippen LogP contribution in [0, 0.1) is 5.82 Å². The van der Waals surface area contributed by atoms with Gasteiger partial charge in [0.05, 0.1) is 5.69 Å². The zero-order valence-electron chi connectivity index (χ0n) is 12.7. The molecule has 0 heterocycles. The normalized spacial score (nSPS) is 10.1. The average Bonchev–Trinajstić information content (AvgIpc) is 2.57. The molecule has 2 N–H and O–H groups in total. The predicted octanol–water partition coefficient (Wildman–Crippen LogP) is 3.59. The van der Waals surface area contributed by atoms with Crippen molar-refractivity contribution in [1.29, 1.82) is 0 Å². The third-order valence-electron chi connectivity index (χ3n) is 3.30. The summed E-state index contributed by atoms with van der Waals surface area (Å²) >= 11 is 5.70. The number of nitrogens with zero attached hydrogens (tertiary/aromatic N) is 1. The highest BCUT2D eigenvalue weighted by Gasteiger charge is 2.14. The van der Waals surface area contributed by atoms with Gasteiger partial charge in [0, 0.05) is 23.3 Å². The van der Waals surface area contributed by atoms with Crippen molar-refractivity contribution in [3.63, 3.8) is 0 Å². The molecule has 2 aromatic carbocycles. The van der Waals surface area contributed by atoms with Crippen molar-refractivity contribution < 1.29 is 19.1 Å². The van der Waals surface area contributed by atoms with Crippen LogP contribution in [-0.2, 0) is 4.79 Å². The van der Waals surface area contributed by atoms with Gasteiger partial charge in [-0.1, -0.05) is 18.2 Å². The van der Waals surface area contributed by atoms with E-state index in [0.717, 1.165) is 6.07 Å². The number of hydrogen-bond donors (Lipinski definition) is 2. The zero-order chi connectivity index (χ0) is 17.9. The number of carbonyl (C=O) groups is 2. The van der Waals surface area contributed by atoms with Gasteiger partial charge >= 0.3 is 0 Å². The first kappa shape index (κ1) is 17.5. The highest BCUT2D eigenvalue weighted by atomic mass is 35.5. The van der Waals surface area contributed by atoms with Gasteiger partial charge in [-0.05, 0) is 42.5 Å². The van der Waals surface area contributed by atoms with Gasteiger partial charge in [-0.3, -0.25) is 9.59 Å². The summed E-state index contributed by atoms with van der Waals surface area (Å²) in [5.41, 5.74) is 0.708. The topological polar surface area (TPSA) is 69.6 Å². The first-order valence-electron chi connectivity index (χ1n) is 6.83. The smallest absolute Gasteiger partial charge is 0.255 e. The summed E-state index contributed by atoms with van der Waals surface area (Å²) in [5, 5.41) is 12.0. The average molecular weight is 349 g/mol. The lowest BCUT2D eigenvalue weighted by molar-refractivity contribution is -0.113. The van der Waals surface area contributed by atoms with Crippen LogP contribution in [0.2, 0.25) is 5.02 Å². The van der Waals surface area contributed by atoms with Gasteiger partial charge < -0.3 is 15.3 Å². The summed E-state index contributed by atoms with van der Waals surface area (Å²) in [5.74, 6) is -2.47. The lowest BCUT2D eigenvalue weighted by Gasteiger charge is -2.15. The molecule has 0 unspecified atom stereocenters. The molecule has 2 aromatic rings. The molecule has 7 heteroatoms. The summed E-state index contributed by atoms with van der Waals surface area (Å²) in [4.78, 5) is 25.1. The minimum absolute atomic E-state index is 0.0421. The van der Waals surface area contributed by atoms with E-state index >= 15 is 0 Å². The summed E-state index contributed by atoms with van der Waals surface area (Å²) < 4.78 is 13.4. The standard InChI is InChI=1S/C17H14ClFN2O3/c1-3-15(22)21(2)12-6-4-10(5-7-12)17(24)20-14-9-11(18)8-13(19)16(14)23/h3-9,23H,1H2,2H3,(H,20,24). The van der Waals surface area contributed by atoms with Crippen molar-refractivity contribution in [2.45, 2.75) is 0 Å². The number of halogens is 2. The molecule has 0 aliphatic carbocycles. The van der Waals surface area contributed by atoms with Crippen molar-refractivity contribution in [3.05, 3.63) is 65.5 Å². The van der Waals surface area contributed by atoms with E-state index in [1.165, 1.54) is 29.2 Å². The van der Waals surface area contributed by atoms with Gasteiger partial charge in [0.15, 0.2) is 11.6 Å². The lowest BCUT2D eigenvalue weighted by atomic mass is 10.1. The number of anilines is 2. The second-order valence-electron chi connectivity index (χ2n) is 4.89. The van der Waals surface area contributed by atoms with Gasteiger partial charge in [0.2, 0.25) is 5.91 Å². The molecule has 0 radical (unpaired) electrons. The number of amides is 2. The minimum Gasteiger partial charge on any atom is -0.503 e. The van der Waals surface area contributed by atoms with Crippen LogP contribution in [0.4, 0.5) is 15.8 Å². The molecule has 2 amide bonds. The van der Waals surface area contributed by atoms with E-state index in [2.05, 4.69) is 11.9 Å². The van der Waals surface area contributed by atoms with Crippen LogP contribution in [0.5, 0.6) is 5.75 Å². The Kier molecular flexibility index (Phi) is 5.21. The largest absolute Gasteiger partial charge is 0.503 e. The summed E-state index contributed by atoms with van der Waals surface area (Å²) in [6, 6.07) is 8.32. The van der Waals surface area contributed by atoms with E-state index in [1.807, 2.05) is 0 Å². The molecular weight excluding hydrogens is 335 g/mol. The van der Waals surface area contributed by atoms with Crippen LogP contribution in [0.15, 0.2) is 49.1 Å². The number of benzene rings is 2. The monoisotopic (exact) mass is 348 g/mol.